The van der Waals surface area contributed by atoms with Gasteiger partial charge in [0.1, 0.15) is 43.2 Å². The molecule has 0 aromatic rings. The summed E-state index contributed by atoms with van der Waals surface area (Å²) in [6, 6.07) is 0. The highest BCUT2D eigenvalue weighted by atomic mass is 16.9. The molecule has 9 atom stereocenters. The third kappa shape index (κ3) is 9.25. The number of ether oxygens (including phenoxy) is 4. The number of rotatable bonds is 20. The third-order valence-electron chi connectivity index (χ3n) is 7.68. The Hall–Kier alpha value is -0.480. The molecular weight excluding hydrogens is 516 g/mol. The van der Waals surface area contributed by atoms with Crippen LogP contribution in [0.3, 0.4) is 0 Å². The molecule has 8 N–H and O–H groups in total. The van der Waals surface area contributed by atoms with E-state index in [9.17, 15) is 40.9 Å². The highest BCUT2D eigenvalue weighted by Gasteiger charge is 2.64. The standard InChI is InChI=1S/C27H52O12/c1-2-3-4-5-6-7-8-9-10-11-12-13-14-15-36-27(25(35)23(33)21(31)19(16-28)38-27)39-26(18-30)24(34)22(32)20(17-29)37-26/h19-25,28-35H,2-18H2,1H3/t19-,20-,21-,22-,23+,24+,25-,26?,27-/m1/s1. The van der Waals surface area contributed by atoms with Gasteiger partial charge in [0.25, 0.3) is 0 Å². The second kappa shape index (κ2) is 17.5. The van der Waals surface area contributed by atoms with Crippen LogP contribution in [0, 0.1) is 0 Å². The average Bonchev–Trinajstić information content (AvgIpc) is 3.18. The molecular formula is C27H52O12. The minimum atomic E-state index is -2.57. The van der Waals surface area contributed by atoms with Crippen molar-refractivity contribution in [3.8, 4) is 0 Å². The Balaban J connectivity index is 1.90. The molecule has 2 aliphatic heterocycles. The molecule has 2 rings (SSSR count). The van der Waals surface area contributed by atoms with E-state index in [2.05, 4.69) is 6.92 Å². The molecule has 2 fully saturated rings. The van der Waals surface area contributed by atoms with Gasteiger partial charge in [-0.15, -0.1) is 0 Å². The Morgan fingerprint density at radius 2 is 1.08 bits per heavy atom. The number of hydrogen-bond acceptors (Lipinski definition) is 12. The summed E-state index contributed by atoms with van der Waals surface area (Å²) in [7, 11) is 0. The molecule has 2 heterocycles. The Bertz CT molecular complexity index is 654. The SMILES string of the molecule is CCCCCCCCCCCCCCCO[C@@]1(OC2(CO)O[C@H](CO)[C@@H](O)[C@@H]2O)O[C@H](CO)[C@@H](O)[C@H](O)[C@H]1O. The third-order valence-corrected chi connectivity index (χ3v) is 7.68. The van der Waals surface area contributed by atoms with Crippen molar-refractivity contribution >= 4 is 0 Å². The number of aliphatic hydroxyl groups is 8. The van der Waals surface area contributed by atoms with Crippen molar-refractivity contribution in [3.05, 3.63) is 0 Å². The van der Waals surface area contributed by atoms with Gasteiger partial charge in [-0.05, 0) is 6.42 Å². The van der Waals surface area contributed by atoms with Gasteiger partial charge in [-0.2, -0.15) is 0 Å². The van der Waals surface area contributed by atoms with Gasteiger partial charge in [0, 0.05) is 0 Å². The molecule has 2 saturated heterocycles. The normalized spacial score (nSPS) is 37.0. The van der Waals surface area contributed by atoms with Crippen molar-refractivity contribution in [1.82, 2.24) is 0 Å². The van der Waals surface area contributed by atoms with Gasteiger partial charge in [-0.25, -0.2) is 0 Å². The predicted octanol–water partition coefficient (Wildman–Crippen LogP) is 0.0399. The Morgan fingerprint density at radius 3 is 1.54 bits per heavy atom. The highest BCUT2D eigenvalue weighted by molar-refractivity contribution is 5.00. The summed E-state index contributed by atoms with van der Waals surface area (Å²) in [6.45, 7) is -0.324. The number of aliphatic hydroxyl groups excluding tert-OH is 8. The summed E-state index contributed by atoms with van der Waals surface area (Å²) >= 11 is 0. The molecule has 0 radical (unpaired) electrons. The first-order valence-electron chi connectivity index (χ1n) is 14.6. The van der Waals surface area contributed by atoms with Crippen LogP contribution in [0.4, 0.5) is 0 Å². The fraction of sp³-hybridized carbons (Fsp3) is 1.00. The lowest BCUT2D eigenvalue weighted by molar-refractivity contribution is -0.510. The zero-order chi connectivity index (χ0) is 28.9. The smallest absolute Gasteiger partial charge is 0.316 e. The van der Waals surface area contributed by atoms with Crippen molar-refractivity contribution in [1.29, 1.82) is 0 Å². The topological polar surface area (TPSA) is 199 Å². The van der Waals surface area contributed by atoms with E-state index in [0.29, 0.717) is 6.42 Å². The molecule has 1 unspecified atom stereocenters. The van der Waals surface area contributed by atoms with Crippen LogP contribution >= 0.6 is 0 Å². The summed E-state index contributed by atoms with van der Waals surface area (Å²) in [5, 5.41) is 81.3. The summed E-state index contributed by atoms with van der Waals surface area (Å²) in [6.07, 6.45) is 2.86. The molecule has 0 aromatic heterocycles. The highest BCUT2D eigenvalue weighted by Crippen LogP contribution is 2.41. The maximum Gasteiger partial charge on any atom is 0.316 e. The van der Waals surface area contributed by atoms with E-state index in [1.807, 2.05) is 0 Å². The van der Waals surface area contributed by atoms with E-state index in [0.717, 1.165) is 25.7 Å². The second-order valence-electron chi connectivity index (χ2n) is 10.8. The molecule has 0 aromatic carbocycles. The maximum absolute atomic E-state index is 10.8. The molecule has 39 heavy (non-hydrogen) atoms. The quantitative estimate of drug-likeness (QED) is 0.0726. The Labute approximate surface area is 231 Å². The van der Waals surface area contributed by atoms with Gasteiger partial charge >= 0.3 is 5.97 Å². The van der Waals surface area contributed by atoms with E-state index in [1.54, 1.807) is 0 Å². The molecule has 0 amide bonds. The lowest BCUT2D eigenvalue weighted by Gasteiger charge is -2.50. The van der Waals surface area contributed by atoms with Gasteiger partial charge in [0.15, 0.2) is 6.10 Å². The first-order chi connectivity index (χ1) is 18.7. The van der Waals surface area contributed by atoms with E-state index >= 15 is 0 Å². The first-order valence-corrected chi connectivity index (χ1v) is 14.6. The van der Waals surface area contributed by atoms with Crippen LogP contribution in [-0.2, 0) is 18.9 Å². The fourth-order valence-corrected chi connectivity index (χ4v) is 5.17. The average molecular weight is 569 g/mol. The largest absolute Gasteiger partial charge is 0.394 e. The van der Waals surface area contributed by atoms with Crippen LogP contribution in [0.1, 0.15) is 90.4 Å². The molecule has 12 nitrogen and oxygen atoms in total. The first kappa shape index (κ1) is 34.7. The number of unbranched alkanes of at least 4 members (excludes halogenated alkanes) is 12. The zero-order valence-corrected chi connectivity index (χ0v) is 23.3. The summed E-state index contributed by atoms with van der Waals surface area (Å²) in [4.78, 5) is 0. The molecule has 0 saturated carbocycles. The predicted molar refractivity (Wildman–Crippen MR) is 139 cm³/mol. The fourth-order valence-electron chi connectivity index (χ4n) is 5.17. The van der Waals surface area contributed by atoms with Crippen molar-refractivity contribution in [2.45, 2.75) is 145 Å². The maximum atomic E-state index is 10.8. The number of hydrogen-bond donors (Lipinski definition) is 8. The van der Waals surface area contributed by atoms with Crippen LogP contribution in [0.15, 0.2) is 0 Å². The molecule has 232 valence electrons. The van der Waals surface area contributed by atoms with Crippen molar-refractivity contribution in [3.63, 3.8) is 0 Å². The minimum absolute atomic E-state index is 0.0284. The van der Waals surface area contributed by atoms with Crippen LogP contribution in [-0.4, -0.2) is 122 Å². The second-order valence-corrected chi connectivity index (χ2v) is 10.8. The summed E-state index contributed by atoms with van der Waals surface area (Å²) in [5.74, 6) is -4.97. The van der Waals surface area contributed by atoms with Crippen LogP contribution in [0.2, 0.25) is 0 Å². The van der Waals surface area contributed by atoms with E-state index in [1.165, 1.54) is 51.4 Å². The lowest BCUT2D eigenvalue weighted by atomic mass is 9.97. The van der Waals surface area contributed by atoms with Crippen molar-refractivity contribution in [2.75, 3.05) is 26.4 Å². The van der Waals surface area contributed by atoms with Gasteiger partial charge in [0.2, 0.25) is 5.79 Å². The molecule has 2 aliphatic rings. The molecule has 0 aliphatic carbocycles. The molecule has 0 bridgehead atoms. The van der Waals surface area contributed by atoms with Gasteiger partial charge < -0.3 is 55.1 Å². The Morgan fingerprint density at radius 1 is 0.590 bits per heavy atom. The molecule has 0 spiro atoms. The van der Waals surface area contributed by atoms with Crippen molar-refractivity contribution in [2.24, 2.45) is 0 Å². The summed E-state index contributed by atoms with van der Waals surface area (Å²) < 4.78 is 22.4. The van der Waals surface area contributed by atoms with Crippen LogP contribution in [0.5, 0.6) is 0 Å². The molecule has 12 heteroatoms. The van der Waals surface area contributed by atoms with Crippen LogP contribution in [0.25, 0.3) is 0 Å². The minimum Gasteiger partial charge on any atom is -0.394 e. The van der Waals surface area contributed by atoms with Crippen LogP contribution < -0.4 is 0 Å². The zero-order valence-electron chi connectivity index (χ0n) is 23.3. The van der Waals surface area contributed by atoms with Gasteiger partial charge in [-0.3, -0.25) is 4.74 Å². The van der Waals surface area contributed by atoms with Crippen molar-refractivity contribution < 1.29 is 59.8 Å². The summed E-state index contributed by atoms with van der Waals surface area (Å²) in [5.41, 5.74) is 0. The van der Waals surface area contributed by atoms with Gasteiger partial charge in [-0.1, -0.05) is 84.0 Å². The lowest BCUT2D eigenvalue weighted by Crippen LogP contribution is -2.70. The van der Waals surface area contributed by atoms with E-state index in [4.69, 9.17) is 18.9 Å². The van der Waals surface area contributed by atoms with E-state index < -0.39 is 74.3 Å². The van der Waals surface area contributed by atoms with Gasteiger partial charge in [0.05, 0.1) is 19.8 Å². The monoisotopic (exact) mass is 568 g/mol. The Kier molecular flexibility index (Phi) is 15.6. The van der Waals surface area contributed by atoms with E-state index in [-0.39, 0.29) is 6.61 Å².